The van der Waals surface area contributed by atoms with Crippen molar-refractivity contribution in [1.29, 1.82) is 0 Å². The highest BCUT2D eigenvalue weighted by Gasteiger charge is 2.36. The van der Waals surface area contributed by atoms with Gasteiger partial charge in [0.1, 0.15) is 22.6 Å². The van der Waals surface area contributed by atoms with E-state index in [-0.39, 0.29) is 39.2 Å². The molecule has 320 valence electrons. The zero-order chi connectivity index (χ0) is 45.3. The average Bonchev–Trinajstić information content (AvgIpc) is 3.17. The minimum absolute atomic E-state index is 0.0240. The monoisotopic (exact) mass is 882 g/mol. The van der Waals surface area contributed by atoms with Crippen molar-refractivity contribution in [1.82, 2.24) is 0 Å². The van der Waals surface area contributed by atoms with Crippen LogP contribution >= 0.6 is 23.2 Å². The summed E-state index contributed by atoms with van der Waals surface area (Å²) in [6.07, 6.45) is 3.33. The van der Waals surface area contributed by atoms with Crippen LogP contribution in [0.4, 0.5) is 38.5 Å². The van der Waals surface area contributed by atoms with Crippen molar-refractivity contribution < 1.29 is 68.4 Å². The first-order valence-corrected chi connectivity index (χ1v) is 17.6. The summed E-state index contributed by atoms with van der Waals surface area (Å²) in [4.78, 5) is 96.2. The van der Waals surface area contributed by atoms with Crippen LogP contribution in [0.1, 0.15) is 38.5 Å². The molecule has 22 nitrogen and oxygen atoms in total. The van der Waals surface area contributed by atoms with Crippen LogP contribution in [-0.2, 0) is 28.8 Å². The molecular formula is C35H33Cl2FN6O16. The van der Waals surface area contributed by atoms with Gasteiger partial charge in [-0.15, -0.1) is 0 Å². The van der Waals surface area contributed by atoms with Gasteiger partial charge in [-0.3, -0.25) is 49.5 Å². The lowest BCUT2D eigenvalue weighted by Crippen LogP contribution is -2.36. The fourth-order valence-electron chi connectivity index (χ4n) is 5.23. The molecule has 0 bridgehead atoms. The van der Waals surface area contributed by atoms with E-state index in [1.54, 1.807) is 0 Å². The molecule has 3 atom stereocenters. The number of nitrogens with one attached hydrogen (secondary N) is 3. The van der Waals surface area contributed by atoms with Crippen molar-refractivity contribution >= 4 is 93.0 Å². The minimum Gasteiger partial charge on any atom is -0.481 e. The maximum Gasteiger partial charge on any atom is 0.328 e. The molecule has 4 rings (SSSR count). The van der Waals surface area contributed by atoms with Crippen LogP contribution < -0.4 is 16.0 Å². The number of nitrogens with zero attached hydrogens (tertiary/aromatic N) is 3. The molecule has 0 saturated heterocycles. The van der Waals surface area contributed by atoms with Crippen LogP contribution in [-0.4, -0.2) is 76.9 Å². The number of anilines is 3. The lowest BCUT2D eigenvalue weighted by atomic mass is 9.78. The molecule has 1 unspecified atom stereocenters. The Hall–Kier alpha value is -7.27. The fourth-order valence-corrected chi connectivity index (χ4v) is 5.60. The van der Waals surface area contributed by atoms with Gasteiger partial charge in [0, 0.05) is 42.1 Å². The number of carbonyl (C=O) groups excluding carboxylic acids is 2. The summed E-state index contributed by atoms with van der Waals surface area (Å²) >= 11 is 11.2. The van der Waals surface area contributed by atoms with E-state index in [9.17, 15) is 68.6 Å². The summed E-state index contributed by atoms with van der Waals surface area (Å²) < 4.78 is 12.8. The van der Waals surface area contributed by atoms with Gasteiger partial charge in [-0.2, -0.15) is 0 Å². The SMILES string of the molecule is O=C(Nc1ccc(Cl)c([N+](=O)[O-])c1)[C@H]1CCCC[C@H]1C(=O)O.O=C(O)/C=C\C(=O)Nc1ccc(F)c(Cl)c1.O=C(O)CCC(Nc1ccc([N+](=O)[O-])cc1[N+](=O)[O-])C(=O)O. The molecule has 0 aliphatic heterocycles. The summed E-state index contributed by atoms with van der Waals surface area (Å²) in [5.41, 5.74) is -1.22. The van der Waals surface area contributed by atoms with E-state index in [0.717, 1.165) is 37.1 Å². The Morgan fingerprint density at radius 3 is 1.88 bits per heavy atom. The van der Waals surface area contributed by atoms with Crippen molar-refractivity contribution in [3.8, 4) is 0 Å². The van der Waals surface area contributed by atoms with Crippen molar-refractivity contribution in [3.05, 3.63) is 113 Å². The number of amides is 2. The maximum atomic E-state index is 12.8. The van der Waals surface area contributed by atoms with Crippen LogP contribution in [0.5, 0.6) is 0 Å². The quantitative estimate of drug-likeness (QED) is 0.0495. The molecule has 1 saturated carbocycles. The van der Waals surface area contributed by atoms with Gasteiger partial charge < -0.3 is 36.4 Å². The molecule has 0 radical (unpaired) electrons. The van der Waals surface area contributed by atoms with Gasteiger partial charge in [-0.05, 0) is 55.7 Å². The zero-order valence-corrected chi connectivity index (χ0v) is 32.0. The fraction of sp³-hybridized carbons (Fsp3) is 0.257. The summed E-state index contributed by atoms with van der Waals surface area (Å²) in [6, 6.07) is 8.87. The molecule has 0 heterocycles. The Labute approximate surface area is 346 Å². The van der Waals surface area contributed by atoms with E-state index in [1.165, 1.54) is 30.3 Å². The van der Waals surface area contributed by atoms with Crippen LogP contribution in [0.15, 0.2) is 66.7 Å². The number of halogens is 3. The molecule has 0 aromatic heterocycles. The Kier molecular flexibility index (Phi) is 18.9. The lowest BCUT2D eigenvalue weighted by molar-refractivity contribution is -0.393. The highest BCUT2D eigenvalue weighted by atomic mass is 35.5. The van der Waals surface area contributed by atoms with Crippen LogP contribution in [0.3, 0.4) is 0 Å². The van der Waals surface area contributed by atoms with Gasteiger partial charge in [0.25, 0.3) is 17.1 Å². The molecule has 1 aliphatic carbocycles. The number of hydrogen-bond acceptors (Lipinski definition) is 13. The predicted molar refractivity (Wildman–Crippen MR) is 208 cm³/mol. The smallest absolute Gasteiger partial charge is 0.328 e. The number of benzene rings is 3. The predicted octanol–water partition coefficient (Wildman–Crippen LogP) is 6.37. The standard InChI is InChI=1S/C14H15ClN2O5.C11H11N3O8.C10H7ClFNO3/c15-11-6-5-8(7-12(11)17(21)22)16-13(18)9-3-1-2-4-10(9)14(19)20;15-10(16)4-3-8(11(17)18)12-7-2-1-6(13(19)20)5-9(7)14(21)22;11-7-5-6(1-2-8(7)12)13-9(14)3-4-10(15)16/h5-7,9-10H,1-4H2,(H,16,18)(H,19,20);1-2,5,8,12H,3-4H2,(H,15,16)(H,17,18);1-5H,(H,13,14)(H,15,16)/b;;4-3-/t9-,10+;;/m0../s1. The normalized spacial score (nSPS) is 14.7. The van der Waals surface area contributed by atoms with E-state index in [2.05, 4.69) is 16.0 Å². The van der Waals surface area contributed by atoms with Crippen molar-refractivity contribution in [2.24, 2.45) is 11.8 Å². The number of rotatable bonds is 15. The molecule has 2 amide bonds. The molecule has 0 spiro atoms. The first kappa shape index (κ1) is 48.9. The number of nitro groups is 3. The van der Waals surface area contributed by atoms with E-state index in [1.807, 2.05) is 0 Å². The summed E-state index contributed by atoms with van der Waals surface area (Å²) in [5.74, 6) is -7.82. The highest BCUT2D eigenvalue weighted by Crippen LogP contribution is 2.33. The van der Waals surface area contributed by atoms with Gasteiger partial charge in [-0.25, -0.2) is 14.0 Å². The van der Waals surface area contributed by atoms with Crippen LogP contribution in [0.2, 0.25) is 10.0 Å². The molecule has 1 fully saturated rings. The number of carboxylic acids is 4. The summed E-state index contributed by atoms with van der Waals surface area (Å²) in [6.45, 7) is 0. The van der Waals surface area contributed by atoms with Gasteiger partial charge in [-0.1, -0.05) is 36.0 Å². The number of aliphatic carboxylic acids is 4. The Morgan fingerprint density at radius 2 is 1.35 bits per heavy atom. The molecule has 3 aromatic rings. The van der Waals surface area contributed by atoms with Gasteiger partial charge >= 0.3 is 23.9 Å². The maximum absolute atomic E-state index is 12.8. The second-order valence-corrected chi connectivity index (χ2v) is 13.0. The van der Waals surface area contributed by atoms with Gasteiger partial charge in [0.05, 0.1) is 37.7 Å². The number of carbonyl (C=O) groups is 6. The highest BCUT2D eigenvalue weighted by molar-refractivity contribution is 6.32. The lowest BCUT2D eigenvalue weighted by Gasteiger charge is -2.27. The first-order valence-electron chi connectivity index (χ1n) is 16.9. The third kappa shape index (κ3) is 15.9. The topological polar surface area (TPSA) is 349 Å². The Balaban J connectivity index is 0.000000315. The minimum atomic E-state index is -1.39. The molecule has 7 N–H and O–H groups in total. The van der Waals surface area contributed by atoms with Crippen molar-refractivity contribution in [3.63, 3.8) is 0 Å². The molecule has 1 aliphatic rings. The van der Waals surface area contributed by atoms with E-state index in [4.69, 9.17) is 38.5 Å². The van der Waals surface area contributed by atoms with Gasteiger partial charge in [0.15, 0.2) is 0 Å². The molecular weight excluding hydrogens is 850 g/mol. The second-order valence-electron chi connectivity index (χ2n) is 12.2. The van der Waals surface area contributed by atoms with E-state index >= 15 is 0 Å². The van der Waals surface area contributed by atoms with E-state index in [0.29, 0.717) is 25.0 Å². The number of hydrogen-bond donors (Lipinski definition) is 7. The number of non-ortho nitro benzene ring substituents is 1. The molecule has 60 heavy (non-hydrogen) atoms. The summed E-state index contributed by atoms with van der Waals surface area (Å²) in [5, 5.41) is 74.4. The van der Waals surface area contributed by atoms with Crippen molar-refractivity contribution in [2.75, 3.05) is 16.0 Å². The van der Waals surface area contributed by atoms with Crippen LogP contribution in [0.25, 0.3) is 0 Å². The molecule has 25 heteroatoms. The van der Waals surface area contributed by atoms with Crippen LogP contribution in [0, 0.1) is 48.0 Å². The van der Waals surface area contributed by atoms with Crippen molar-refractivity contribution in [2.45, 2.75) is 44.6 Å². The van der Waals surface area contributed by atoms with Gasteiger partial charge in [0.2, 0.25) is 11.8 Å². The largest absolute Gasteiger partial charge is 0.481 e. The van der Waals surface area contributed by atoms with E-state index < -0.39 is 92.0 Å². The number of nitro benzene ring substituents is 3. The zero-order valence-electron chi connectivity index (χ0n) is 30.5. The second kappa shape index (κ2) is 23.2. The summed E-state index contributed by atoms with van der Waals surface area (Å²) in [7, 11) is 0. The Morgan fingerprint density at radius 1 is 0.750 bits per heavy atom. The first-order chi connectivity index (χ1) is 28.1. The average molecular weight is 884 g/mol. The number of carboxylic acid groups (broad SMARTS) is 4. The third-order valence-electron chi connectivity index (χ3n) is 8.06. The third-order valence-corrected chi connectivity index (χ3v) is 8.67. The molecule has 3 aromatic carbocycles. The Bertz CT molecular complexity index is 2190.